The quantitative estimate of drug-likeness (QED) is 0.747. The number of rotatable bonds is 2. The molecule has 1 aliphatic rings. The van der Waals surface area contributed by atoms with Gasteiger partial charge in [-0.3, -0.25) is 4.79 Å². The lowest BCUT2D eigenvalue weighted by Gasteiger charge is -2.12. The summed E-state index contributed by atoms with van der Waals surface area (Å²) in [6, 6.07) is 2.01. The first-order chi connectivity index (χ1) is 6.29. The van der Waals surface area contributed by atoms with E-state index in [1.807, 2.05) is 16.8 Å². The van der Waals surface area contributed by atoms with Gasteiger partial charge in [0.05, 0.1) is 5.92 Å². The maximum Gasteiger partial charge on any atom is 0.308 e. The molecule has 0 aromatic carbocycles. The molecule has 0 radical (unpaired) electrons. The topological polar surface area (TPSA) is 49.3 Å². The summed E-state index contributed by atoms with van der Waals surface area (Å²) >= 11 is 1.62. The van der Waals surface area contributed by atoms with E-state index in [1.165, 1.54) is 0 Å². The highest BCUT2D eigenvalue weighted by Crippen LogP contribution is 2.29. The van der Waals surface area contributed by atoms with Crippen LogP contribution < -0.4 is 5.32 Å². The molecular formula is C9H11NO2S. The van der Waals surface area contributed by atoms with Gasteiger partial charge in [-0.25, -0.2) is 0 Å². The number of carboxylic acids is 1. The van der Waals surface area contributed by atoms with Crippen molar-refractivity contribution in [2.75, 3.05) is 13.1 Å². The zero-order valence-electron chi connectivity index (χ0n) is 7.06. The van der Waals surface area contributed by atoms with Crippen LogP contribution in [0.4, 0.5) is 0 Å². The second-order valence-corrected chi connectivity index (χ2v) is 4.05. The second-order valence-electron chi connectivity index (χ2n) is 3.27. The first kappa shape index (κ1) is 8.72. The molecule has 2 heterocycles. The van der Waals surface area contributed by atoms with Crippen LogP contribution in [0, 0.1) is 5.92 Å². The summed E-state index contributed by atoms with van der Waals surface area (Å²) in [7, 11) is 0. The van der Waals surface area contributed by atoms with E-state index in [0.717, 1.165) is 12.1 Å². The fourth-order valence-electron chi connectivity index (χ4n) is 1.77. The molecule has 1 aromatic heterocycles. The van der Waals surface area contributed by atoms with Gasteiger partial charge in [0.1, 0.15) is 0 Å². The Kier molecular flexibility index (Phi) is 2.33. The van der Waals surface area contributed by atoms with Crippen LogP contribution in [0.2, 0.25) is 0 Å². The minimum Gasteiger partial charge on any atom is -0.481 e. The third-order valence-electron chi connectivity index (χ3n) is 2.50. The Labute approximate surface area is 80.4 Å². The Hall–Kier alpha value is -0.870. The maximum absolute atomic E-state index is 10.9. The molecule has 2 N–H and O–H groups in total. The number of carboxylic acid groups (broad SMARTS) is 1. The summed E-state index contributed by atoms with van der Waals surface area (Å²) in [6.07, 6.45) is 0. The molecule has 70 valence electrons. The minimum absolute atomic E-state index is 0.156. The van der Waals surface area contributed by atoms with Gasteiger partial charge in [0.15, 0.2) is 0 Å². The largest absolute Gasteiger partial charge is 0.481 e. The van der Waals surface area contributed by atoms with E-state index in [0.29, 0.717) is 6.54 Å². The predicted molar refractivity (Wildman–Crippen MR) is 51.1 cm³/mol. The molecule has 2 atom stereocenters. The summed E-state index contributed by atoms with van der Waals surface area (Å²) in [4.78, 5) is 10.9. The molecule has 0 bridgehead atoms. The van der Waals surface area contributed by atoms with Crippen molar-refractivity contribution in [3.05, 3.63) is 22.4 Å². The van der Waals surface area contributed by atoms with Crippen molar-refractivity contribution in [2.45, 2.75) is 5.92 Å². The molecule has 1 aromatic rings. The Balaban J connectivity index is 2.19. The molecule has 2 rings (SSSR count). The summed E-state index contributed by atoms with van der Waals surface area (Å²) in [5.41, 5.74) is 1.16. The van der Waals surface area contributed by atoms with Crippen molar-refractivity contribution in [3.8, 4) is 0 Å². The molecule has 13 heavy (non-hydrogen) atoms. The first-order valence-electron chi connectivity index (χ1n) is 4.24. The van der Waals surface area contributed by atoms with Gasteiger partial charge in [-0.1, -0.05) is 0 Å². The molecule has 4 heteroatoms. The van der Waals surface area contributed by atoms with E-state index in [2.05, 4.69) is 5.32 Å². The van der Waals surface area contributed by atoms with Gasteiger partial charge in [-0.15, -0.1) is 0 Å². The molecule has 0 saturated carbocycles. The summed E-state index contributed by atoms with van der Waals surface area (Å²) < 4.78 is 0. The van der Waals surface area contributed by atoms with Crippen LogP contribution in [0.1, 0.15) is 11.5 Å². The maximum atomic E-state index is 10.9. The first-order valence-corrected chi connectivity index (χ1v) is 5.19. The number of hydrogen-bond donors (Lipinski definition) is 2. The average Bonchev–Trinajstić information content (AvgIpc) is 2.74. The van der Waals surface area contributed by atoms with E-state index < -0.39 is 5.97 Å². The van der Waals surface area contributed by atoms with Gasteiger partial charge in [-0.05, 0) is 22.4 Å². The van der Waals surface area contributed by atoms with Crippen molar-refractivity contribution in [3.63, 3.8) is 0 Å². The van der Waals surface area contributed by atoms with Crippen LogP contribution in [0.5, 0.6) is 0 Å². The zero-order chi connectivity index (χ0) is 9.26. The molecule has 1 aliphatic heterocycles. The van der Waals surface area contributed by atoms with Gasteiger partial charge in [-0.2, -0.15) is 11.3 Å². The monoisotopic (exact) mass is 197 g/mol. The second kappa shape index (κ2) is 3.47. The third kappa shape index (κ3) is 1.59. The molecule has 1 fully saturated rings. The molecule has 2 unspecified atom stereocenters. The van der Waals surface area contributed by atoms with E-state index in [4.69, 9.17) is 5.11 Å². The Morgan fingerprint density at radius 2 is 2.46 bits per heavy atom. The number of carbonyl (C=O) groups is 1. The number of nitrogens with one attached hydrogen (secondary N) is 1. The highest BCUT2D eigenvalue weighted by Gasteiger charge is 2.33. The van der Waals surface area contributed by atoms with Gasteiger partial charge in [0.2, 0.25) is 0 Å². The standard InChI is InChI=1S/C9H11NO2S/c11-9(12)8-4-10-3-7(8)6-1-2-13-5-6/h1-2,5,7-8,10H,3-4H2,(H,11,12). The number of aliphatic carboxylic acids is 1. The van der Waals surface area contributed by atoms with E-state index in [9.17, 15) is 4.79 Å². The predicted octanol–water partition coefficient (Wildman–Crippen LogP) is 1.14. The molecular weight excluding hydrogens is 186 g/mol. The smallest absolute Gasteiger partial charge is 0.308 e. The van der Waals surface area contributed by atoms with Gasteiger partial charge in [0.25, 0.3) is 0 Å². The molecule has 0 amide bonds. The highest BCUT2D eigenvalue weighted by molar-refractivity contribution is 7.08. The van der Waals surface area contributed by atoms with Gasteiger partial charge < -0.3 is 10.4 Å². The third-order valence-corrected chi connectivity index (χ3v) is 3.20. The lowest BCUT2D eigenvalue weighted by Crippen LogP contribution is -2.20. The minimum atomic E-state index is -0.693. The van der Waals surface area contributed by atoms with Gasteiger partial charge >= 0.3 is 5.97 Å². The van der Waals surface area contributed by atoms with Crippen molar-refractivity contribution < 1.29 is 9.90 Å². The van der Waals surface area contributed by atoms with Crippen LogP contribution in [-0.4, -0.2) is 24.2 Å². The van der Waals surface area contributed by atoms with E-state index >= 15 is 0 Å². The van der Waals surface area contributed by atoms with Crippen molar-refractivity contribution in [1.82, 2.24) is 5.32 Å². The number of hydrogen-bond acceptors (Lipinski definition) is 3. The van der Waals surface area contributed by atoms with Crippen molar-refractivity contribution in [2.24, 2.45) is 5.92 Å². The van der Waals surface area contributed by atoms with Crippen LogP contribution >= 0.6 is 11.3 Å². The van der Waals surface area contributed by atoms with E-state index in [1.54, 1.807) is 11.3 Å². The average molecular weight is 197 g/mol. The SMILES string of the molecule is O=C(O)C1CNCC1c1ccsc1. The van der Waals surface area contributed by atoms with Crippen molar-refractivity contribution >= 4 is 17.3 Å². The van der Waals surface area contributed by atoms with Crippen molar-refractivity contribution in [1.29, 1.82) is 0 Å². The fourth-order valence-corrected chi connectivity index (χ4v) is 2.50. The summed E-state index contributed by atoms with van der Waals surface area (Å²) in [5, 5.41) is 16.1. The Bertz CT molecular complexity index is 297. The normalized spacial score (nSPS) is 27.7. The molecule has 3 nitrogen and oxygen atoms in total. The van der Waals surface area contributed by atoms with Gasteiger partial charge in [0, 0.05) is 19.0 Å². The van der Waals surface area contributed by atoms with Crippen LogP contribution in [0.3, 0.4) is 0 Å². The summed E-state index contributed by atoms with van der Waals surface area (Å²) in [5.74, 6) is -0.792. The Morgan fingerprint density at radius 1 is 1.62 bits per heavy atom. The summed E-state index contributed by atoms with van der Waals surface area (Å²) in [6.45, 7) is 1.38. The van der Waals surface area contributed by atoms with Crippen LogP contribution in [0.25, 0.3) is 0 Å². The zero-order valence-corrected chi connectivity index (χ0v) is 7.88. The lowest BCUT2D eigenvalue weighted by atomic mass is 9.91. The fraction of sp³-hybridized carbons (Fsp3) is 0.444. The molecule has 0 spiro atoms. The van der Waals surface area contributed by atoms with E-state index in [-0.39, 0.29) is 11.8 Å². The van der Waals surface area contributed by atoms with Crippen LogP contribution in [0.15, 0.2) is 16.8 Å². The molecule has 0 aliphatic carbocycles. The number of thiophene rings is 1. The molecule has 1 saturated heterocycles. The Morgan fingerprint density at radius 3 is 3.08 bits per heavy atom. The lowest BCUT2D eigenvalue weighted by molar-refractivity contribution is -0.141. The van der Waals surface area contributed by atoms with Crippen LogP contribution in [-0.2, 0) is 4.79 Å². The highest BCUT2D eigenvalue weighted by atomic mass is 32.1.